The van der Waals surface area contributed by atoms with Gasteiger partial charge in [-0.2, -0.15) is 0 Å². The van der Waals surface area contributed by atoms with Gasteiger partial charge in [-0.05, 0) is 56.4 Å². The van der Waals surface area contributed by atoms with Gasteiger partial charge >= 0.3 is 0 Å². The summed E-state index contributed by atoms with van der Waals surface area (Å²) in [5.41, 5.74) is 9.35. The lowest BCUT2D eigenvalue weighted by atomic mass is 9.96. The normalized spacial score (nSPS) is 13.8. The Morgan fingerprint density at radius 2 is 1.86 bits per heavy atom. The molecular weight excluding hydrogens is 262 g/mol. The highest BCUT2D eigenvalue weighted by molar-refractivity contribution is 5.60. The van der Waals surface area contributed by atoms with E-state index in [0.29, 0.717) is 5.82 Å². The Balaban J connectivity index is 1.88. The van der Waals surface area contributed by atoms with Crippen molar-refractivity contribution in [3.05, 3.63) is 35.5 Å². The van der Waals surface area contributed by atoms with E-state index in [1.54, 1.807) is 0 Å². The van der Waals surface area contributed by atoms with Gasteiger partial charge in [0.15, 0.2) is 5.82 Å². The molecule has 0 radical (unpaired) electrons. The predicted octanol–water partition coefficient (Wildman–Crippen LogP) is 3.39. The van der Waals surface area contributed by atoms with Crippen LogP contribution in [0.1, 0.15) is 37.4 Å². The number of anilines is 1. The highest BCUT2D eigenvalue weighted by Gasteiger charge is 2.16. The standard InChI is InChI=1S/C17H21N3O/c1-2-11-21-13-9-7-12(8-10-13)17-19-15-6-4-3-5-14(15)16(18)20-17/h7-10H,2-6,11H2,1H3,(H2,18,19,20). The molecule has 0 aliphatic heterocycles. The molecule has 1 aromatic heterocycles. The lowest BCUT2D eigenvalue weighted by molar-refractivity contribution is 0.317. The lowest BCUT2D eigenvalue weighted by Crippen LogP contribution is -2.11. The first kappa shape index (κ1) is 13.9. The number of benzene rings is 1. The third-order valence-corrected chi connectivity index (χ3v) is 3.80. The monoisotopic (exact) mass is 283 g/mol. The molecule has 0 saturated carbocycles. The van der Waals surface area contributed by atoms with Crippen molar-refractivity contribution in [3.8, 4) is 17.1 Å². The molecule has 0 saturated heterocycles. The van der Waals surface area contributed by atoms with Crippen molar-refractivity contribution in [2.24, 2.45) is 0 Å². The van der Waals surface area contributed by atoms with Crippen LogP contribution < -0.4 is 10.5 Å². The first-order valence-corrected chi connectivity index (χ1v) is 7.66. The number of aryl methyl sites for hydroxylation is 1. The average Bonchev–Trinajstić information content (AvgIpc) is 2.53. The highest BCUT2D eigenvalue weighted by atomic mass is 16.5. The zero-order valence-electron chi connectivity index (χ0n) is 12.4. The van der Waals surface area contributed by atoms with Crippen molar-refractivity contribution >= 4 is 5.82 Å². The fourth-order valence-corrected chi connectivity index (χ4v) is 2.67. The maximum atomic E-state index is 6.10. The first-order chi connectivity index (χ1) is 10.3. The van der Waals surface area contributed by atoms with Crippen LogP contribution in [0.25, 0.3) is 11.4 Å². The summed E-state index contributed by atoms with van der Waals surface area (Å²) >= 11 is 0. The van der Waals surface area contributed by atoms with E-state index in [1.165, 1.54) is 12.8 Å². The highest BCUT2D eigenvalue weighted by Crippen LogP contribution is 2.27. The van der Waals surface area contributed by atoms with E-state index in [2.05, 4.69) is 11.9 Å². The van der Waals surface area contributed by atoms with Crippen molar-refractivity contribution in [2.45, 2.75) is 39.0 Å². The van der Waals surface area contributed by atoms with Crippen LogP contribution in [-0.4, -0.2) is 16.6 Å². The molecule has 2 aromatic rings. The Hall–Kier alpha value is -2.10. The van der Waals surface area contributed by atoms with Crippen LogP contribution in [0, 0.1) is 0 Å². The van der Waals surface area contributed by atoms with Crippen LogP contribution in [0.15, 0.2) is 24.3 Å². The van der Waals surface area contributed by atoms with Gasteiger partial charge in [0, 0.05) is 16.8 Å². The van der Waals surface area contributed by atoms with Crippen molar-refractivity contribution in [1.29, 1.82) is 0 Å². The number of aromatic nitrogens is 2. The number of nitrogens with zero attached hydrogens (tertiary/aromatic N) is 2. The van der Waals surface area contributed by atoms with E-state index in [0.717, 1.165) is 54.3 Å². The summed E-state index contributed by atoms with van der Waals surface area (Å²) in [5.74, 6) is 2.24. The second kappa shape index (κ2) is 6.12. The van der Waals surface area contributed by atoms with Gasteiger partial charge in [0.1, 0.15) is 11.6 Å². The summed E-state index contributed by atoms with van der Waals surface area (Å²) in [6.45, 7) is 2.83. The second-order valence-corrected chi connectivity index (χ2v) is 5.44. The molecule has 4 heteroatoms. The maximum Gasteiger partial charge on any atom is 0.161 e. The molecule has 0 amide bonds. The summed E-state index contributed by atoms with van der Waals surface area (Å²) in [4.78, 5) is 9.18. The molecule has 0 bridgehead atoms. The van der Waals surface area contributed by atoms with Gasteiger partial charge in [-0.15, -0.1) is 0 Å². The van der Waals surface area contributed by atoms with Crippen LogP contribution in [0.3, 0.4) is 0 Å². The third kappa shape index (κ3) is 2.99. The number of nitrogens with two attached hydrogens (primary N) is 1. The van der Waals surface area contributed by atoms with Gasteiger partial charge < -0.3 is 10.5 Å². The Morgan fingerprint density at radius 1 is 1.10 bits per heavy atom. The molecule has 1 aliphatic carbocycles. The largest absolute Gasteiger partial charge is 0.494 e. The van der Waals surface area contributed by atoms with Crippen LogP contribution in [0.4, 0.5) is 5.82 Å². The molecule has 3 rings (SSSR count). The molecule has 1 aliphatic rings. The van der Waals surface area contributed by atoms with Gasteiger partial charge in [-0.25, -0.2) is 9.97 Å². The van der Waals surface area contributed by atoms with E-state index < -0.39 is 0 Å². The Labute approximate surface area is 125 Å². The van der Waals surface area contributed by atoms with E-state index >= 15 is 0 Å². The lowest BCUT2D eigenvalue weighted by Gasteiger charge is -2.17. The van der Waals surface area contributed by atoms with Crippen LogP contribution in [0.5, 0.6) is 5.75 Å². The van der Waals surface area contributed by atoms with E-state index in [1.807, 2.05) is 24.3 Å². The Kier molecular flexibility index (Phi) is 4.04. The molecule has 21 heavy (non-hydrogen) atoms. The van der Waals surface area contributed by atoms with Gasteiger partial charge in [0.05, 0.1) is 6.61 Å². The number of fused-ring (bicyclic) bond motifs is 1. The van der Waals surface area contributed by atoms with Crippen molar-refractivity contribution < 1.29 is 4.74 Å². The van der Waals surface area contributed by atoms with Gasteiger partial charge in [0.2, 0.25) is 0 Å². The smallest absolute Gasteiger partial charge is 0.161 e. The fraction of sp³-hybridized carbons (Fsp3) is 0.412. The van der Waals surface area contributed by atoms with Gasteiger partial charge in [-0.3, -0.25) is 0 Å². The zero-order chi connectivity index (χ0) is 14.7. The van der Waals surface area contributed by atoms with Crippen LogP contribution in [0.2, 0.25) is 0 Å². The minimum absolute atomic E-state index is 0.640. The third-order valence-electron chi connectivity index (χ3n) is 3.80. The molecule has 0 atom stereocenters. The maximum absolute atomic E-state index is 6.10. The molecular formula is C17H21N3O. The molecule has 1 heterocycles. The predicted molar refractivity (Wildman–Crippen MR) is 84.3 cm³/mol. The number of hydrogen-bond donors (Lipinski definition) is 1. The summed E-state index contributed by atoms with van der Waals surface area (Å²) in [6, 6.07) is 7.91. The van der Waals surface area contributed by atoms with E-state index in [9.17, 15) is 0 Å². The summed E-state index contributed by atoms with van der Waals surface area (Å²) in [5, 5.41) is 0. The van der Waals surface area contributed by atoms with Gasteiger partial charge in [-0.1, -0.05) is 6.92 Å². The van der Waals surface area contributed by atoms with E-state index in [-0.39, 0.29) is 0 Å². The number of hydrogen-bond acceptors (Lipinski definition) is 4. The Morgan fingerprint density at radius 3 is 2.62 bits per heavy atom. The zero-order valence-corrected chi connectivity index (χ0v) is 12.4. The number of ether oxygens (including phenoxy) is 1. The van der Waals surface area contributed by atoms with Crippen LogP contribution >= 0.6 is 0 Å². The average molecular weight is 283 g/mol. The minimum Gasteiger partial charge on any atom is -0.494 e. The van der Waals surface area contributed by atoms with Crippen LogP contribution in [-0.2, 0) is 12.8 Å². The Bertz CT molecular complexity index is 623. The summed E-state index contributed by atoms with van der Waals surface area (Å²) in [7, 11) is 0. The van der Waals surface area contributed by atoms with Gasteiger partial charge in [0.25, 0.3) is 0 Å². The van der Waals surface area contributed by atoms with E-state index in [4.69, 9.17) is 15.5 Å². The molecule has 4 nitrogen and oxygen atoms in total. The number of rotatable bonds is 4. The molecule has 0 fully saturated rings. The first-order valence-electron chi connectivity index (χ1n) is 7.66. The second-order valence-electron chi connectivity index (χ2n) is 5.44. The van der Waals surface area contributed by atoms with Crippen molar-refractivity contribution in [1.82, 2.24) is 9.97 Å². The summed E-state index contributed by atoms with van der Waals surface area (Å²) < 4.78 is 5.59. The van der Waals surface area contributed by atoms with Crippen molar-refractivity contribution in [3.63, 3.8) is 0 Å². The minimum atomic E-state index is 0.640. The quantitative estimate of drug-likeness (QED) is 0.934. The SMILES string of the molecule is CCCOc1ccc(-c2nc(N)c3c(n2)CCCC3)cc1. The van der Waals surface area contributed by atoms with Crippen molar-refractivity contribution in [2.75, 3.05) is 12.3 Å². The molecule has 0 spiro atoms. The topological polar surface area (TPSA) is 61.0 Å². The number of nitrogen functional groups attached to an aromatic ring is 1. The molecule has 2 N–H and O–H groups in total. The summed E-state index contributed by atoms with van der Waals surface area (Å²) in [6.07, 6.45) is 5.39. The fourth-order valence-electron chi connectivity index (χ4n) is 2.67. The molecule has 110 valence electrons. The molecule has 0 unspecified atom stereocenters. The molecule has 1 aromatic carbocycles.